The van der Waals surface area contributed by atoms with Gasteiger partial charge in [0.05, 0.1) is 12.6 Å². The largest absolute Gasteiger partial charge is 0.508 e. The zero-order valence-corrected chi connectivity index (χ0v) is 9.80. The second kappa shape index (κ2) is 4.77. The van der Waals surface area contributed by atoms with Gasteiger partial charge in [-0.05, 0) is 31.7 Å². The van der Waals surface area contributed by atoms with Crippen molar-refractivity contribution in [1.82, 2.24) is 5.32 Å². The molecule has 1 aromatic rings. The molecule has 0 heterocycles. The van der Waals surface area contributed by atoms with Crippen molar-refractivity contribution in [2.45, 2.75) is 13.0 Å². The van der Waals surface area contributed by atoms with Gasteiger partial charge in [0.15, 0.2) is 0 Å². The van der Waals surface area contributed by atoms with Crippen LogP contribution in [-0.2, 0) is 0 Å². The predicted molar refractivity (Wildman–Crippen MR) is 59.4 cm³/mol. The first kappa shape index (κ1) is 11.5. The molecule has 0 fully saturated rings. The number of benzene rings is 1. The lowest BCUT2D eigenvalue weighted by atomic mass is 10.0. The quantitative estimate of drug-likeness (QED) is 0.775. The normalized spacial score (nSPS) is 12.9. The maximum Gasteiger partial charge on any atom is 0.120 e. The predicted octanol–water partition coefficient (Wildman–Crippen LogP) is 1.72. The van der Waals surface area contributed by atoms with Crippen molar-refractivity contribution in [2.24, 2.45) is 0 Å². The van der Waals surface area contributed by atoms with Crippen molar-refractivity contribution in [3.8, 4) is 5.75 Å². The zero-order valence-electron chi connectivity index (χ0n) is 8.21. The molecular weight excluding hydrogens is 246 g/mol. The van der Waals surface area contributed by atoms with E-state index in [2.05, 4.69) is 21.2 Å². The Hall–Kier alpha value is -0.580. The fourth-order valence-corrected chi connectivity index (χ4v) is 1.67. The summed E-state index contributed by atoms with van der Waals surface area (Å²) in [5, 5.41) is 21.7. The summed E-state index contributed by atoms with van der Waals surface area (Å²) in [6, 6.07) is 3.27. The molecule has 0 amide bonds. The summed E-state index contributed by atoms with van der Waals surface area (Å²) in [4.78, 5) is 0. The van der Waals surface area contributed by atoms with Crippen LogP contribution in [0.25, 0.3) is 0 Å². The van der Waals surface area contributed by atoms with Crippen LogP contribution in [0.1, 0.15) is 17.2 Å². The number of likely N-dealkylation sites (N-methyl/N-ethyl adjacent to an activating group) is 1. The van der Waals surface area contributed by atoms with Crippen LogP contribution >= 0.6 is 15.9 Å². The standard InChI is InChI=1S/C10H14BrNO2/c1-6-3-10(14)7(4-8(6)11)9(5-13)12-2/h3-4,9,12-14H,5H2,1-2H3/t9-/m1/s1. The molecule has 4 heteroatoms. The first-order valence-corrected chi connectivity index (χ1v) is 5.16. The Balaban J connectivity index is 3.14. The SMILES string of the molecule is CN[C@H](CO)c1cc(Br)c(C)cc1O. The highest BCUT2D eigenvalue weighted by Gasteiger charge is 2.13. The third kappa shape index (κ3) is 2.26. The topological polar surface area (TPSA) is 52.5 Å². The molecule has 3 nitrogen and oxygen atoms in total. The number of aromatic hydroxyl groups is 1. The maximum absolute atomic E-state index is 9.68. The number of aliphatic hydroxyl groups excluding tert-OH is 1. The Morgan fingerprint density at radius 1 is 1.50 bits per heavy atom. The highest BCUT2D eigenvalue weighted by atomic mass is 79.9. The first-order chi connectivity index (χ1) is 6.60. The molecule has 0 aliphatic carbocycles. The molecule has 3 N–H and O–H groups in total. The lowest BCUT2D eigenvalue weighted by Gasteiger charge is -2.16. The number of phenols is 1. The summed E-state index contributed by atoms with van der Waals surface area (Å²) in [5.74, 6) is 0.208. The number of hydrogen-bond donors (Lipinski definition) is 3. The average Bonchev–Trinajstić information content (AvgIpc) is 2.15. The van der Waals surface area contributed by atoms with Crippen molar-refractivity contribution in [2.75, 3.05) is 13.7 Å². The number of nitrogens with one attached hydrogen (secondary N) is 1. The molecule has 0 saturated heterocycles. The second-order valence-corrected chi connectivity index (χ2v) is 4.04. The molecule has 1 atom stereocenters. The van der Waals surface area contributed by atoms with Gasteiger partial charge in [-0.3, -0.25) is 0 Å². The van der Waals surface area contributed by atoms with E-state index < -0.39 is 0 Å². The Morgan fingerprint density at radius 2 is 2.14 bits per heavy atom. The molecule has 78 valence electrons. The second-order valence-electron chi connectivity index (χ2n) is 3.18. The van der Waals surface area contributed by atoms with E-state index in [1.807, 2.05) is 13.0 Å². The van der Waals surface area contributed by atoms with E-state index in [1.165, 1.54) is 0 Å². The van der Waals surface area contributed by atoms with Crippen molar-refractivity contribution in [3.63, 3.8) is 0 Å². The summed E-state index contributed by atoms with van der Waals surface area (Å²) in [6.45, 7) is 1.86. The third-order valence-electron chi connectivity index (χ3n) is 2.21. The molecule has 0 bridgehead atoms. The van der Waals surface area contributed by atoms with E-state index in [4.69, 9.17) is 5.11 Å². The summed E-state index contributed by atoms with van der Waals surface area (Å²) in [6.07, 6.45) is 0. The fourth-order valence-electron chi connectivity index (χ4n) is 1.31. The number of aliphatic hydroxyl groups is 1. The highest BCUT2D eigenvalue weighted by Crippen LogP contribution is 2.30. The van der Waals surface area contributed by atoms with Gasteiger partial charge < -0.3 is 15.5 Å². The van der Waals surface area contributed by atoms with Crippen LogP contribution in [0.15, 0.2) is 16.6 Å². The van der Waals surface area contributed by atoms with E-state index in [-0.39, 0.29) is 18.4 Å². The number of aryl methyl sites for hydroxylation is 1. The van der Waals surface area contributed by atoms with Crippen LogP contribution in [0.2, 0.25) is 0 Å². The zero-order chi connectivity index (χ0) is 10.7. The number of halogens is 1. The molecule has 0 unspecified atom stereocenters. The van der Waals surface area contributed by atoms with E-state index in [0.717, 1.165) is 10.0 Å². The van der Waals surface area contributed by atoms with Crippen LogP contribution in [0.3, 0.4) is 0 Å². The maximum atomic E-state index is 9.68. The van der Waals surface area contributed by atoms with E-state index in [1.54, 1.807) is 13.1 Å². The lowest BCUT2D eigenvalue weighted by molar-refractivity contribution is 0.248. The number of rotatable bonds is 3. The van der Waals surface area contributed by atoms with Gasteiger partial charge >= 0.3 is 0 Å². The van der Waals surface area contributed by atoms with Gasteiger partial charge in [-0.25, -0.2) is 0 Å². The Kier molecular flexibility index (Phi) is 3.92. The van der Waals surface area contributed by atoms with Crippen molar-refractivity contribution in [3.05, 3.63) is 27.7 Å². The summed E-state index contributed by atoms with van der Waals surface area (Å²) in [7, 11) is 1.74. The molecule has 0 saturated carbocycles. The lowest BCUT2D eigenvalue weighted by Crippen LogP contribution is -2.20. The molecular formula is C10H14BrNO2. The number of hydrogen-bond acceptors (Lipinski definition) is 3. The average molecular weight is 260 g/mol. The van der Waals surface area contributed by atoms with Gasteiger partial charge in [0.25, 0.3) is 0 Å². The molecule has 0 aliphatic rings. The number of phenolic OH excluding ortho intramolecular Hbond substituents is 1. The monoisotopic (exact) mass is 259 g/mol. The Labute approximate surface area is 91.9 Å². The van der Waals surface area contributed by atoms with E-state index in [9.17, 15) is 5.11 Å². The highest BCUT2D eigenvalue weighted by molar-refractivity contribution is 9.10. The van der Waals surface area contributed by atoms with Crippen LogP contribution in [-0.4, -0.2) is 23.9 Å². The molecule has 0 aliphatic heterocycles. The van der Waals surface area contributed by atoms with Crippen molar-refractivity contribution in [1.29, 1.82) is 0 Å². The van der Waals surface area contributed by atoms with Gasteiger partial charge in [-0.2, -0.15) is 0 Å². The summed E-state index contributed by atoms with van der Waals surface area (Å²) < 4.78 is 0.930. The minimum absolute atomic E-state index is 0.0421. The van der Waals surface area contributed by atoms with Crippen LogP contribution in [0, 0.1) is 6.92 Å². The van der Waals surface area contributed by atoms with Gasteiger partial charge in [0, 0.05) is 10.0 Å². The molecule has 0 spiro atoms. The third-order valence-corrected chi connectivity index (χ3v) is 3.07. The van der Waals surface area contributed by atoms with E-state index >= 15 is 0 Å². The molecule has 0 radical (unpaired) electrons. The summed E-state index contributed by atoms with van der Waals surface area (Å²) >= 11 is 3.39. The minimum atomic E-state index is -0.230. The van der Waals surface area contributed by atoms with Gasteiger partial charge in [-0.1, -0.05) is 15.9 Å². The van der Waals surface area contributed by atoms with Crippen LogP contribution in [0.4, 0.5) is 0 Å². The van der Waals surface area contributed by atoms with E-state index in [0.29, 0.717) is 5.56 Å². The van der Waals surface area contributed by atoms with Gasteiger partial charge in [-0.15, -0.1) is 0 Å². The molecule has 1 rings (SSSR count). The smallest absolute Gasteiger partial charge is 0.120 e. The fraction of sp³-hybridized carbons (Fsp3) is 0.400. The van der Waals surface area contributed by atoms with Gasteiger partial charge in [0.2, 0.25) is 0 Å². The summed E-state index contributed by atoms with van der Waals surface area (Å²) in [5.41, 5.74) is 1.67. The Bertz CT molecular complexity index is 324. The molecule has 0 aromatic heterocycles. The van der Waals surface area contributed by atoms with Crippen molar-refractivity contribution < 1.29 is 10.2 Å². The minimum Gasteiger partial charge on any atom is -0.508 e. The molecule has 1 aromatic carbocycles. The van der Waals surface area contributed by atoms with Crippen LogP contribution in [0.5, 0.6) is 5.75 Å². The van der Waals surface area contributed by atoms with Gasteiger partial charge in [0.1, 0.15) is 5.75 Å². The van der Waals surface area contributed by atoms with Crippen LogP contribution < -0.4 is 5.32 Å². The van der Waals surface area contributed by atoms with Crippen molar-refractivity contribution >= 4 is 15.9 Å². The molecule has 14 heavy (non-hydrogen) atoms. The first-order valence-electron chi connectivity index (χ1n) is 4.37. The Morgan fingerprint density at radius 3 is 2.64 bits per heavy atom.